The molecule has 2 heteroatoms. The number of nitrogens with zero attached hydrogens (tertiary/aromatic N) is 1. The molecule has 23 heavy (non-hydrogen) atoms. The van der Waals surface area contributed by atoms with Crippen molar-refractivity contribution in [3.8, 4) is 0 Å². The second kappa shape index (κ2) is 10.2. The van der Waals surface area contributed by atoms with Gasteiger partial charge in [0.05, 0.1) is 6.61 Å². The van der Waals surface area contributed by atoms with Crippen LogP contribution >= 0.6 is 0 Å². The second-order valence-corrected chi connectivity index (χ2v) is 5.97. The van der Waals surface area contributed by atoms with E-state index in [1.54, 1.807) is 0 Å². The molecule has 124 valence electrons. The first-order chi connectivity index (χ1) is 11.3. The maximum absolute atomic E-state index is 6.29. The summed E-state index contributed by atoms with van der Waals surface area (Å²) in [6.45, 7) is 10.1. The molecule has 1 heterocycles. The van der Waals surface area contributed by atoms with Gasteiger partial charge >= 0.3 is 0 Å². The van der Waals surface area contributed by atoms with Gasteiger partial charge in [-0.2, -0.15) is 0 Å². The van der Waals surface area contributed by atoms with E-state index >= 15 is 0 Å². The van der Waals surface area contributed by atoms with E-state index in [0.29, 0.717) is 0 Å². The Bertz CT molecular complexity index is 512. The number of allylic oxidation sites excluding steroid dienone is 3. The topological polar surface area (TPSA) is 12.5 Å². The summed E-state index contributed by atoms with van der Waals surface area (Å²) in [5.41, 5.74) is 2.34. The van der Waals surface area contributed by atoms with Crippen LogP contribution in [0.1, 0.15) is 37.9 Å². The van der Waals surface area contributed by atoms with Gasteiger partial charge in [0, 0.05) is 6.54 Å². The molecule has 1 saturated heterocycles. The van der Waals surface area contributed by atoms with Gasteiger partial charge in [-0.25, -0.2) is 0 Å². The first kappa shape index (κ1) is 17.7. The molecule has 0 spiro atoms. The van der Waals surface area contributed by atoms with E-state index in [1.807, 2.05) is 25.1 Å². The molecule has 0 saturated carbocycles. The molecule has 0 radical (unpaired) electrons. The predicted molar refractivity (Wildman–Crippen MR) is 98.5 cm³/mol. The van der Waals surface area contributed by atoms with Crippen molar-refractivity contribution in [3.63, 3.8) is 0 Å². The summed E-state index contributed by atoms with van der Waals surface area (Å²) in [5, 5.41) is 0. The first-order valence-electron chi connectivity index (χ1n) is 8.69. The molecular formula is C21H29NO. The van der Waals surface area contributed by atoms with E-state index in [2.05, 4.69) is 47.9 Å². The fourth-order valence-corrected chi connectivity index (χ4v) is 3.05. The van der Waals surface area contributed by atoms with Gasteiger partial charge < -0.3 is 9.64 Å². The highest BCUT2D eigenvalue weighted by Crippen LogP contribution is 2.27. The minimum atomic E-state index is -0.0322. The smallest absolute Gasteiger partial charge is 0.108 e. The number of hydrogen-bond acceptors (Lipinski definition) is 2. The summed E-state index contributed by atoms with van der Waals surface area (Å²) in [5.74, 6) is 0. The van der Waals surface area contributed by atoms with Crippen molar-refractivity contribution >= 4 is 0 Å². The van der Waals surface area contributed by atoms with Crippen molar-refractivity contribution in [2.75, 3.05) is 26.2 Å². The Morgan fingerprint density at radius 2 is 1.96 bits per heavy atom. The summed E-state index contributed by atoms with van der Waals surface area (Å²) in [6.07, 6.45) is 12.0. The molecule has 0 aromatic heterocycles. The minimum absolute atomic E-state index is 0.0322. The lowest BCUT2D eigenvalue weighted by Gasteiger charge is -2.27. The zero-order chi connectivity index (χ0) is 16.3. The van der Waals surface area contributed by atoms with Crippen molar-refractivity contribution in [2.45, 2.75) is 32.3 Å². The van der Waals surface area contributed by atoms with Crippen molar-refractivity contribution in [3.05, 3.63) is 72.4 Å². The minimum Gasteiger partial charge on any atom is -0.367 e. The number of benzene rings is 1. The molecule has 1 aliphatic rings. The van der Waals surface area contributed by atoms with Gasteiger partial charge in [0.25, 0.3) is 0 Å². The van der Waals surface area contributed by atoms with Crippen molar-refractivity contribution in [1.82, 2.24) is 4.90 Å². The number of rotatable bonds is 8. The lowest BCUT2D eigenvalue weighted by Crippen LogP contribution is -2.33. The van der Waals surface area contributed by atoms with Crippen molar-refractivity contribution in [2.24, 2.45) is 0 Å². The fraction of sp³-hybridized carbons (Fsp3) is 0.429. The first-order valence-corrected chi connectivity index (χ1v) is 8.69. The Balaban J connectivity index is 2.04. The van der Waals surface area contributed by atoms with E-state index in [0.717, 1.165) is 18.7 Å². The Morgan fingerprint density at radius 3 is 2.61 bits per heavy atom. The summed E-state index contributed by atoms with van der Waals surface area (Å²) in [6, 6.07) is 10.4. The number of hydrogen-bond donors (Lipinski definition) is 0. The van der Waals surface area contributed by atoms with Gasteiger partial charge in [-0.15, -0.1) is 0 Å². The highest BCUT2D eigenvalue weighted by Gasteiger charge is 2.16. The van der Waals surface area contributed by atoms with Crippen LogP contribution in [-0.2, 0) is 4.74 Å². The van der Waals surface area contributed by atoms with Crippen LogP contribution in [0, 0.1) is 0 Å². The van der Waals surface area contributed by atoms with Gasteiger partial charge in [0.15, 0.2) is 0 Å². The lowest BCUT2D eigenvalue weighted by atomic mass is 10.0. The predicted octanol–water partition coefficient (Wildman–Crippen LogP) is 4.92. The van der Waals surface area contributed by atoms with Gasteiger partial charge in [-0.3, -0.25) is 0 Å². The van der Waals surface area contributed by atoms with Crippen LogP contribution < -0.4 is 0 Å². The number of likely N-dealkylation sites (tertiary alicyclic amines) is 1. The van der Waals surface area contributed by atoms with Crippen molar-refractivity contribution < 1.29 is 4.74 Å². The van der Waals surface area contributed by atoms with E-state index < -0.39 is 0 Å². The average molecular weight is 311 g/mol. The molecule has 1 unspecified atom stereocenters. The summed E-state index contributed by atoms with van der Waals surface area (Å²) in [7, 11) is 0. The van der Waals surface area contributed by atoms with Crippen LogP contribution in [0.4, 0.5) is 0 Å². The third-order valence-corrected chi connectivity index (χ3v) is 4.22. The Kier molecular flexibility index (Phi) is 7.85. The van der Waals surface area contributed by atoms with E-state index in [9.17, 15) is 0 Å². The molecule has 2 nitrogen and oxygen atoms in total. The highest BCUT2D eigenvalue weighted by atomic mass is 16.5. The van der Waals surface area contributed by atoms with Gasteiger partial charge in [0.2, 0.25) is 0 Å². The third-order valence-electron chi connectivity index (χ3n) is 4.22. The lowest BCUT2D eigenvalue weighted by molar-refractivity contribution is 0.0554. The molecule has 0 amide bonds. The van der Waals surface area contributed by atoms with Crippen LogP contribution in [0.15, 0.2) is 66.8 Å². The van der Waals surface area contributed by atoms with Crippen molar-refractivity contribution in [1.29, 1.82) is 0 Å². The molecule has 0 bridgehead atoms. The van der Waals surface area contributed by atoms with Crippen LogP contribution in [0.25, 0.3) is 0 Å². The van der Waals surface area contributed by atoms with Crippen LogP contribution in [0.2, 0.25) is 0 Å². The molecule has 0 N–H and O–H groups in total. The molecule has 1 fully saturated rings. The molecule has 1 aromatic carbocycles. The third kappa shape index (κ3) is 5.81. The standard InChI is InChI=1S/C21H29NO/c1-3-11-19(12-4-2)21(20-13-7-5-8-14-20)23-18-17-22-15-9-6-10-16-22/h3-5,7-8,11-14,21H,1,6,9-10,15-18H2,2H3/b12-4-,19-11+. The SMILES string of the molecule is C=C/C=C(\C=C/C)C(OCCN1CCCCC1)c1ccccc1. The quantitative estimate of drug-likeness (QED) is 0.632. The summed E-state index contributed by atoms with van der Waals surface area (Å²) in [4.78, 5) is 2.51. The highest BCUT2D eigenvalue weighted by molar-refractivity contribution is 5.34. The molecule has 1 aliphatic heterocycles. The monoisotopic (exact) mass is 311 g/mol. The van der Waals surface area contributed by atoms with Crippen LogP contribution in [-0.4, -0.2) is 31.1 Å². The number of piperidine rings is 1. The fourth-order valence-electron chi connectivity index (χ4n) is 3.05. The molecule has 1 aromatic rings. The van der Waals surface area contributed by atoms with Crippen LogP contribution in [0.3, 0.4) is 0 Å². The van der Waals surface area contributed by atoms with Gasteiger partial charge in [-0.1, -0.05) is 67.6 Å². The summed E-state index contributed by atoms with van der Waals surface area (Å²) >= 11 is 0. The maximum atomic E-state index is 6.29. The second-order valence-electron chi connectivity index (χ2n) is 5.97. The van der Waals surface area contributed by atoms with E-state index in [4.69, 9.17) is 4.74 Å². The Labute approximate surface area is 141 Å². The largest absolute Gasteiger partial charge is 0.367 e. The molecule has 2 rings (SSSR count). The molecule has 1 atom stereocenters. The Morgan fingerprint density at radius 1 is 1.22 bits per heavy atom. The van der Waals surface area contributed by atoms with E-state index in [1.165, 1.54) is 37.9 Å². The van der Waals surface area contributed by atoms with Gasteiger partial charge in [-0.05, 0) is 44.0 Å². The normalized spacial score (nSPS) is 18.2. The van der Waals surface area contributed by atoms with Gasteiger partial charge in [0.1, 0.15) is 6.10 Å². The zero-order valence-electron chi connectivity index (χ0n) is 14.3. The van der Waals surface area contributed by atoms with Crippen LogP contribution in [0.5, 0.6) is 0 Å². The van der Waals surface area contributed by atoms with E-state index in [-0.39, 0.29) is 6.10 Å². The zero-order valence-corrected chi connectivity index (χ0v) is 14.3. The molecule has 0 aliphatic carbocycles. The maximum Gasteiger partial charge on any atom is 0.108 e. The average Bonchev–Trinajstić information content (AvgIpc) is 2.60. The number of ether oxygens (including phenoxy) is 1. The summed E-state index contributed by atoms with van der Waals surface area (Å²) < 4.78 is 6.29. The molecular weight excluding hydrogens is 282 g/mol. The Hall–Kier alpha value is -1.64.